The van der Waals surface area contributed by atoms with Crippen LogP contribution < -0.4 is 5.43 Å². The molecule has 0 unspecified atom stereocenters. The predicted octanol–water partition coefficient (Wildman–Crippen LogP) is 3.67. The summed E-state index contributed by atoms with van der Waals surface area (Å²) in [5.74, 6) is 0.179. The standard InChI is InChI=1S/C17H11ClN4O4/c18-12-3-5-14(15(8-12)22(24)25)16-6-4-13(26-16)10-20-21-17(23)11-2-1-7-19-9-11/h1-10H,(H,21,23)/b20-10-. The molecule has 2 heterocycles. The van der Waals surface area contributed by atoms with Crippen LogP contribution in [0.4, 0.5) is 5.69 Å². The highest BCUT2D eigenvalue weighted by atomic mass is 35.5. The Morgan fingerprint density at radius 3 is 2.88 bits per heavy atom. The third kappa shape index (κ3) is 3.93. The van der Waals surface area contributed by atoms with Crippen LogP contribution in [0.15, 0.2) is 64.4 Å². The molecule has 3 aromatic rings. The molecule has 3 rings (SSSR count). The second kappa shape index (κ2) is 7.58. The second-order valence-electron chi connectivity index (χ2n) is 5.06. The fourth-order valence-electron chi connectivity index (χ4n) is 2.15. The molecule has 0 saturated carbocycles. The summed E-state index contributed by atoms with van der Waals surface area (Å²) < 4.78 is 5.53. The quantitative estimate of drug-likeness (QED) is 0.418. The van der Waals surface area contributed by atoms with Crippen LogP contribution in [0.25, 0.3) is 11.3 Å². The number of pyridine rings is 1. The first-order valence-electron chi connectivity index (χ1n) is 7.32. The van der Waals surface area contributed by atoms with E-state index in [0.717, 1.165) is 0 Å². The summed E-state index contributed by atoms with van der Waals surface area (Å²) in [5, 5.41) is 15.2. The molecule has 0 aliphatic carbocycles. The maximum Gasteiger partial charge on any atom is 0.281 e. The van der Waals surface area contributed by atoms with Gasteiger partial charge >= 0.3 is 0 Å². The Bertz CT molecular complexity index is 985. The molecule has 0 fully saturated rings. The van der Waals surface area contributed by atoms with Gasteiger partial charge in [-0.15, -0.1) is 0 Å². The molecule has 0 aliphatic heterocycles. The van der Waals surface area contributed by atoms with Gasteiger partial charge in [0.1, 0.15) is 11.5 Å². The first kappa shape index (κ1) is 17.3. The molecule has 0 spiro atoms. The second-order valence-corrected chi connectivity index (χ2v) is 5.50. The Labute approximate surface area is 152 Å². The van der Waals surface area contributed by atoms with E-state index < -0.39 is 10.8 Å². The lowest BCUT2D eigenvalue weighted by molar-refractivity contribution is -0.384. The number of furan rings is 1. The highest BCUT2D eigenvalue weighted by Gasteiger charge is 2.18. The van der Waals surface area contributed by atoms with E-state index in [0.29, 0.717) is 16.9 Å². The molecule has 0 bridgehead atoms. The number of benzene rings is 1. The number of carbonyl (C=O) groups is 1. The molecule has 0 saturated heterocycles. The first-order chi connectivity index (χ1) is 12.5. The number of hydrazone groups is 1. The van der Waals surface area contributed by atoms with E-state index in [9.17, 15) is 14.9 Å². The van der Waals surface area contributed by atoms with Gasteiger partial charge < -0.3 is 4.42 Å². The van der Waals surface area contributed by atoms with Gasteiger partial charge in [-0.1, -0.05) is 11.6 Å². The van der Waals surface area contributed by atoms with Crippen LogP contribution in [0.1, 0.15) is 16.1 Å². The molecule has 9 heteroatoms. The molecule has 0 radical (unpaired) electrons. The van der Waals surface area contributed by atoms with Crippen LogP contribution in [0.5, 0.6) is 0 Å². The molecular formula is C17H11ClN4O4. The number of nitrogens with zero attached hydrogens (tertiary/aromatic N) is 3. The fourth-order valence-corrected chi connectivity index (χ4v) is 2.31. The van der Waals surface area contributed by atoms with Crippen LogP contribution in [0.3, 0.4) is 0 Å². The number of halogens is 1. The highest BCUT2D eigenvalue weighted by molar-refractivity contribution is 6.30. The zero-order chi connectivity index (χ0) is 18.5. The van der Waals surface area contributed by atoms with Crippen molar-refractivity contribution in [3.8, 4) is 11.3 Å². The number of nitro benzene ring substituents is 1. The lowest BCUT2D eigenvalue weighted by atomic mass is 10.1. The number of amides is 1. The molecule has 26 heavy (non-hydrogen) atoms. The summed E-state index contributed by atoms with van der Waals surface area (Å²) in [6.45, 7) is 0. The number of hydrogen-bond acceptors (Lipinski definition) is 6. The van der Waals surface area contributed by atoms with Crippen molar-refractivity contribution in [3.63, 3.8) is 0 Å². The summed E-state index contributed by atoms with van der Waals surface area (Å²) in [6, 6.07) is 10.7. The number of aromatic nitrogens is 1. The van der Waals surface area contributed by atoms with Gasteiger partial charge in [-0.2, -0.15) is 5.10 Å². The van der Waals surface area contributed by atoms with E-state index in [-0.39, 0.29) is 16.5 Å². The predicted molar refractivity (Wildman–Crippen MR) is 95.1 cm³/mol. The number of nitrogens with one attached hydrogen (secondary N) is 1. The minimum Gasteiger partial charge on any atom is -0.455 e. The molecule has 1 N–H and O–H groups in total. The van der Waals surface area contributed by atoms with Gasteiger partial charge in [0.25, 0.3) is 11.6 Å². The molecule has 8 nitrogen and oxygen atoms in total. The molecule has 2 aromatic heterocycles. The summed E-state index contributed by atoms with van der Waals surface area (Å²) >= 11 is 5.80. The minimum absolute atomic E-state index is 0.166. The molecule has 0 atom stereocenters. The SMILES string of the molecule is O=C(N/N=C\c1ccc(-c2ccc(Cl)cc2[N+](=O)[O-])o1)c1cccnc1. The van der Waals surface area contributed by atoms with Crippen molar-refractivity contribution in [2.24, 2.45) is 5.10 Å². The zero-order valence-electron chi connectivity index (χ0n) is 13.1. The summed E-state index contributed by atoms with van der Waals surface area (Å²) in [7, 11) is 0. The van der Waals surface area contributed by atoms with Crippen molar-refractivity contribution < 1.29 is 14.1 Å². The van der Waals surface area contributed by atoms with Crippen LogP contribution in [0, 0.1) is 10.1 Å². The average molecular weight is 371 g/mol. The Morgan fingerprint density at radius 1 is 1.31 bits per heavy atom. The summed E-state index contributed by atoms with van der Waals surface area (Å²) in [6.07, 6.45) is 4.26. The third-order valence-electron chi connectivity index (χ3n) is 3.33. The molecular weight excluding hydrogens is 360 g/mol. The van der Waals surface area contributed by atoms with E-state index in [2.05, 4.69) is 15.5 Å². The maximum absolute atomic E-state index is 11.8. The van der Waals surface area contributed by atoms with Gasteiger partial charge in [-0.3, -0.25) is 19.9 Å². The van der Waals surface area contributed by atoms with Crippen molar-refractivity contribution in [1.82, 2.24) is 10.4 Å². The van der Waals surface area contributed by atoms with Gasteiger partial charge in [0.15, 0.2) is 0 Å². The van der Waals surface area contributed by atoms with Crippen LogP contribution in [-0.4, -0.2) is 22.0 Å². The first-order valence-corrected chi connectivity index (χ1v) is 7.70. The number of rotatable bonds is 5. The molecule has 130 valence electrons. The number of hydrogen-bond donors (Lipinski definition) is 1. The Balaban J connectivity index is 1.75. The van der Waals surface area contributed by atoms with E-state index >= 15 is 0 Å². The van der Waals surface area contributed by atoms with Gasteiger partial charge in [0, 0.05) is 23.5 Å². The monoisotopic (exact) mass is 370 g/mol. The van der Waals surface area contributed by atoms with Crippen LogP contribution in [-0.2, 0) is 0 Å². The molecule has 1 amide bonds. The van der Waals surface area contributed by atoms with Crippen molar-refractivity contribution in [2.75, 3.05) is 0 Å². The van der Waals surface area contributed by atoms with E-state index in [1.165, 1.54) is 30.6 Å². The normalized spacial score (nSPS) is 10.8. The van der Waals surface area contributed by atoms with Crippen LogP contribution >= 0.6 is 11.6 Å². The van der Waals surface area contributed by atoms with E-state index in [4.69, 9.17) is 16.0 Å². The lowest BCUT2D eigenvalue weighted by Gasteiger charge is -2.00. The maximum atomic E-state index is 11.8. The van der Waals surface area contributed by atoms with Crippen molar-refractivity contribution in [2.45, 2.75) is 0 Å². The van der Waals surface area contributed by atoms with Crippen molar-refractivity contribution in [3.05, 3.63) is 81.3 Å². The number of carbonyl (C=O) groups excluding carboxylic acids is 1. The topological polar surface area (TPSA) is 111 Å². The van der Waals surface area contributed by atoms with Gasteiger partial charge in [0.2, 0.25) is 0 Å². The Morgan fingerprint density at radius 2 is 2.15 bits per heavy atom. The highest BCUT2D eigenvalue weighted by Crippen LogP contribution is 2.33. The largest absolute Gasteiger partial charge is 0.455 e. The average Bonchev–Trinajstić information content (AvgIpc) is 3.11. The minimum atomic E-state index is -0.536. The van der Waals surface area contributed by atoms with E-state index in [1.54, 1.807) is 30.5 Å². The van der Waals surface area contributed by atoms with Gasteiger partial charge in [-0.05, 0) is 36.4 Å². The van der Waals surface area contributed by atoms with Crippen molar-refractivity contribution in [1.29, 1.82) is 0 Å². The van der Waals surface area contributed by atoms with Gasteiger partial charge in [-0.25, -0.2) is 5.43 Å². The van der Waals surface area contributed by atoms with Gasteiger partial charge in [0.05, 0.1) is 22.3 Å². The zero-order valence-corrected chi connectivity index (χ0v) is 13.9. The fraction of sp³-hybridized carbons (Fsp3) is 0. The molecule has 0 aliphatic rings. The summed E-state index contributed by atoms with van der Waals surface area (Å²) in [5.41, 5.74) is 2.82. The summed E-state index contributed by atoms with van der Waals surface area (Å²) in [4.78, 5) is 26.3. The van der Waals surface area contributed by atoms with E-state index in [1.807, 2.05) is 0 Å². The van der Waals surface area contributed by atoms with Crippen molar-refractivity contribution >= 4 is 29.4 Å². The smallest absolute Gasteiger partial charge is 0.281 e. The Kier molecular flexibility index (Phi) is 5.04. The number of nitro groups is 1. The Hall–Kier alpha value is -3.52. The lowest BCUT2D eigenvalue weighted by Crippen LogP contribution is -2.17. The molecule has 1 aromatic carbocycles. The third-order valence-corrected chi connectivity index (χ3v) is 3.57. The van der Waals surface area contributed by atoms with Crippen LogP contribution in [0.2, 0.25) is 5.02 Å².